The van der Waals surface area contributed by atoms with Crippen LogP contribution in [0.3, 0.4) is 0 Å². The van der Waals surface area contributed by atoms with Crippen LogP contribution in [0, 0.1) is 10.1 Å². The Bertz CT molecular complexity index is 748. The summed E-state index contributed by atoms with van der Waals surface area (Å²) in [5.41, 5.74) is 0.645. The Kier molecular flexibility index (Phi) is 4.77. The molecule has 0 saturated carbocycles. The molecule has 0 atom stereocenters. The first kappa shape index (κ1) is 16.4. The van der Waals surface area contributed by atoms with Gasteiger partial charge in [-0.25, -0.2) is 9.97 Å². The maximum atomic E-state index is 10.8. The Morgan fingerprint density at radius 3 is 2.50 bits per heavy atom. The van der Waals surface area contributed by atoms with Crippen LogP contribution in [0.25, 0.3) is 11.4 Å². The molecule has 1 aromatic carbocycles. The molecule has 0 spiro atoms. The summed E-state index contributed by atoms with van der Waals surface area (Å²) in [6.45, 7) is 2.53. The first-order valence-corrected chi connectivity index (χ1v) is 7.67. The van der Waals surface area contributed by atoms with E-state index in [0.717, 1.165) is 0 Å². The van der Waals surface area contributed by atoms with Crippen LogP contribution in [0.1, 0.15) is 0 Å². The average Bonchev–Trinajstić information content (AvgIpc) is 2.62. The lowest BCUT2D eigenvalue weighted by Gasteiger charge is -2.29. The number of hydrogen-bond donors (Lipinski definition) is 0. The largest absolute Gasteiger partial charge is 0.490 e. The van der Waals surface area contributed by atoms with Crippen LogP contribution in [-0.2, 0) is 4.74 Å². The fourth-order valence-corrected chi connectivity index (χ4v) is 2.68. The number of rotatable bonds is 4. The van der Waals surface area contributed by atoms with Gasteiger partial charge in [-0.15, -0.1) is 0 Å². The van der Waals surface area contributed by atoms with E-state index in [1.807, 2.05) is 4.90 Å². The molecule has 0 unspecified atom stereocenters. The molecule has 0 aliphatic carbocycles. The first-order valence-electron chi connectivity index (χ1n) is 7.29. The lowest BCUT2D eigenvalue weighted by Crippen LogP contribution is -2.37. The molecule has 9 heteroatoms. The number of morpholine rings is 1. The number of nitrogens with zero attached hydrogens (tertiary/aromatic N) is 4. The summed E-state index contributed by atoms with van der Waals surface area (Å²) in [4.78, 5) is 21.1. The van der Waals surface area contributed by atoms with Gasteiger partial charge < -0.3 is 14.4 Å². The highest BCUT2D eigenvalue weighted by Crippen LogP contribution is 2.35. The van der Waals surface area contributed by atoms with E-state index in [-0.39, 0.29) is 10.8 Å². The van der Waals surface area contributed by atoms with Gasteiger partial charge in [0, 0.05) is 30.8 Å². The molecule has 0 N–H and O–H groups in total. The number of nitro benzene ring substituents is 1. The van der Waals surface area contributed by atoms with Crippen molar-refractivity contribution in [2.45, 2.75) is 0 Å². The molecule has 1 fully saturated rings. The van der Waals surface area contributed by atoms with Crippen molar-refractivity contribution < 1.29 is 14.4 Å². The maximum Gasteiger partial charge on any atom is 0.269 e. The molecule has 2 aromatic rings. The minimum Gasteiger partial charge on any atom is -0.490 e. The molecule has 0 amide bonds. The summed E-state index contributed by atoms with van der Waals surface area (Å²) in [5.74, 6) is 1.38. The van der Waals surface area contributed by atoms with Gasteiger partial charge in [0.05, 0.1) is 25.2 Å². The Hall–Kier alpha value is -2.45. The summed E-state index contributed by atoms with van der Waals surface area (Å²) < 4.78 is 10.7. The summed E-state index contributed by atoms with van der Waals surface area (Å²) in [5, 5.41) is 11.0. The molecule has 1 aromatic heterocycles. The summed E-state index contributed by atoms with van der Waals surface area (Å²) in [6.07, 6.45) is 0. The minimum atomic E-state index is -0.454. The van der Waals surface area contributed by atoms with Gasteiger partial charge in [-0.2, -0.15) is 0 Å². The van der Waals surface area contributed by atoms with E-state index in [9.17, 15) is 10.1 Å². The van der Waals surface area contributed by atoms with Gasteiger partial charge in [-0.05, 0) is 12.1 Å². The standard InChI is InChI=1S/C15H15ClN4O4/c1-23-12-13(16)17-14(10-2-4-11(5-3-10)20(21)22)18-15(12)19-6-8-24-9-7-19/h2-5H,6-9H2,1H3. The van der Waals surface area contributed by atoms with Gasteiger partial charge in [-0.1, -0.05) is 11.6 Å². The van der Waals surface area contributed by atoms with Crippen molar-refractivity contribution in [2.24, 2.45) is 0 Å². The van der Waals surface area contributed by atoms with Crippen molar-refractivity contribution in [1.82, 2.24) is 9.97 Å². The Labute approximate surface area is 143 Å². The van der Waals surface area contributed by atoms with E-state index in [1.54, 1.807) is 12.1 Å². The van der Waals surface area contributed by atoms with E-state index in [2.05, 4.69) is 9.97 Å². The van der Waals surface area contributed by atoms with Gasteiger partial charge in [-0.3, -0.25) is 10.1 Å². The zero-order valence-corrected chi connectivity index (χ0v) is 13.7. The SMILES string of the molecule is COc1c(Cl)nc(-c2ccc([N+](=O)[O-])cc2)nc1N1CCOCC1. The number of aromatic nitrogens is 2. The van der Waals surface area contributed by atoms with Crippen LogP contribution in [0.15, 0.2) is 24.3 Å². The average molecular weight is 351 g/mol. The zero-order valence-electron chi connectivity index (χ0n) is 12.9. The second-order valence-electron chi connectivity index (χ2n) is 5.10. The summed E-state index contributed by atoms with van der Waals surface area (Å²) >= 11 is 6.24. The van der Waals surface area contributed by atoms with Crippen molar-refractivity contribution in [3.8, 4) is 17.1 Å². The molecule has 1 aliphatic rings. The molecule has 24 heavy (non-hydrogen) atoms. The highest BCUT2D eigenvalue weighted by atomic mass is 35.5. The van der Waals surface area contributed by atoms with E-state index in [1.165, 1.54) is 19.2 Å². The van der Waals surface area contributed by atoms with Crippen molar-refractivity contribution in [2.75, 3.05) is 38.3 Å². The van der Waals surface area contributed by atoms with Crippen LogP contribution in [0.5, 0.6) is 5.75 Å². The smallest absolute Gasteiger partial charge is 0.269 e. The third kappa shape index (κ3) is 3.24. The van der Waals surface area contributed by atoms with Crippen molar-refractivity contribution in [1.29, 1.82) is 0 Å². The highest BCUT2D eigenvalue weighted by molar-refractivity contribution is 6.31. The number of anilines is 1. The number of nitro groups is 1. The van der Waals surface area contributed by atoms with E-state index >= 15 is 0 Å². The molecule has 1 aliphatic heterocycles. The van der Waals surface area contributed by atoms with Crippen LogP contribution in [-0.4, -0.2) is 48.3 Å². The van der Waals surface area contributed by atoms with Gasteiger partial charge in [0.25, 0.3) is 5.69 Å². The minimum absolute atomic E-state index is 0.00626. The predicted molar refractivity (Wildman–Crippen MR) is 88.7 cm³/mol. The first-order chi connectivity index (χ1) is 11.6. The third-order valence-electron chi connectivity index (χ3n) is 3.66. The van der Waals surface area contributed by atoms with Crippen molar-refractivity contribution >= 4 is 23.1 Å². The van der Waals surface area contributed by atoms with Gasteiger partial charge >= 0.3 is 0 Å². The normalized spacial score (nSPS) is 14.5. The summed E-state index contributed by atoms with van der Waals surface area (Å²) in [7, 11) is 1.51. The van der Waals surface area contributed by atoms with Crippen LogP contribution >= 0.6 is 11.6 Å². The maximum absolute atomic E-state index is 10.8. The van der Waals surface area contributed by atoms with Crippen LogP contribution in [0.4, 0.5) is 11.5 Å². The lowest BCUT2D eigenvalue weighted by atomic mass is 10.2. The van der Waals surface area contributed by atoms with Crippen molar-refractivity contribution in [3.63, 3.8) is 0 Å². The quantitative estimate of drug-likeness (QED) is 0.475. The van der Waals surface area contributed by atoms with Gasteiger partial charge in [0.2, 0.25) is 0 Å². The predicted octanol–water partition coefficient (Wildman–Crippen LogP) is 2.55. The molecule has 0 bridgehead atoms. The monoisotopic (exact) mass is 350 g/mol. The number of halogens is 1. The fraction of sp³-hybridized carbons (Fsp3) is 0.333. The zero-order chi connectivity index (χ0) is 17.1. The molecular weight excluding hydrogens is 336 g/mol. The van der Waals surface area contributed by atoms with Crippen molar-refractivity contribution in [3.05, 3.63) is 39.5 Å². The number of ether oxygens (including phenoxy) is 2. The number of methoxy groups -OCH3 is 1. The molecule has 0 radical (unpaired) electrons. The molecule has 126 valence electrons. The molecule has 1 saturated heterocycles. The molecule has 2 heterocycles. The van der Waals surface area contributed by atoms with Crippen LogP contribution < -0.4 is 9.64 Å². The van der Waals surface area contributed by atoms with Gasteiger partial charge in [0.1, 0.15) is 0 Å². The second kappa shape index (κ2) is 6.98. The topological polar surface area (TPSA) is 90.6 Å². The fourth-order valence-electron chi connectivity index (χ4n) is 2.44. The molecule has 3 rings (SSSR count). The Morgan fingerprint density at radius 1 is 1.25 bits per heavy atom. The van der Waals surface area contributed by atoms with Crippen LogP contribution in [0.2, 0.25) is 5.15 Å². The number of hydrogen-bond acceptors (Lipinski definition) is 7. The summed E-state index contributed by atoms with van der Waals surface area (Å²) in [6, 6.07) is 6.01. The lowest BCUT2D eigenvalue weighted by molar-refractivity contribution is -0.384. The number of non-ortho nitro benzene ring substituents is 1. The highest BCUT2D eigenvalue weighted by Gasteiger charge is 2.22. The third-order valence-corrected chi connectivity index (χ3v) is 3.91. The molecule has 8 nitrogen and oxygen atoms in total. The van der Waals surface area contributed by atoms with Gasteiger partial charge in [0.15, 0.2) is 22.5 Å². The number of benzene rings is 1. The Balaban J connectivity index is 2.02. The van der Waals surface area contributed by atoms with E-state index < -0.39 is 4.92 Å². The molecular formula is C15H15ClN4O4. The van der Waals surface area contributed by atoms with E-state index in [4.69, 9.17) is 21.1 Å². The second-order valence-corrected chi connectivity index (χ2v) is 5.46. The Morgan fingerprint density at radius 2 is 1.92 bits per heavy atom. The van der Waals surface area contributed by atoms with E-state index in [0.29, 0.717) is 49.3 Å².